The number of hydrogen-bond donors (Lipinski definition) is 1. The van der Waals surface area contributed by atoms with Gasteiger partial charge in [-0.1, -0.05) is 22.0 Å². The van der Waals surface area contributed by atoms with Crippen LogP contribution < -0.4 is 4.72 Å². The van der Waals surface area contributed by atoms with Gasteiger partial charge in [0.25, 0.3) is 21.0 Å². The summed E-state index contributed by atoms with van der Waals surface area (Å²) in [7, 11) is -3.88. The molecule has 114 valence electrons. The molecule has 2 heterocycles. The van der Waals surface area contributed by atoms with Gasteiger partial charge >= 0.3 is 0 Å². The highest BCUT2D eigenvalue weighted by molar-refractivity contribution is 9.10. The standard InChI is InChI=1S/C13H12BrN5O2S/c1-8-6-9(2)19-12(15-8)16-13(17-19)22(20,21)18-11-5-3-4-10(14)7-11/h3-7,18H,1-2H3. The third-order valence-electron chi connectivity index (χ3n) is 2.92. The molecule has 7 nitrogen and oxygen atoms in total. The number of nitrogens with zero attached hydrogens (tertiary/aromatic N) is 4. The monoisotopic (exact) mass is 381 g/mol. The predicted molar refractivity (Wildman–Crippen MR) is 85.2 cm³/mol. The Morgan fingerprint density at radius 3 is 2.68 bits per heavy atom. The van der Waals surface area contributed by atoms with Gasteiger partial charge in [-0.05, 0) is 38.1 Å². The lowest BCUT2D eigenvalue weighted by molar-refractivity contribution is 0.592. The molecule has 9 heteroatoms. The Morgan fingerprint density at radius 2 is 1.95 bits per heavy atom. The molecule has 0 fully saturated rings. The van der Waals surface area contributed by atoms with Crippen molar-refractivity contribution < 1.29 is 8.42 Å². The summed E-state index contributed by atoms with van der Waals surface area (Å²) in [6.45, 7) is 3.63. The maximum atomic E-state index is 12.4. The topological polar surface area (TPSA) is 89.3 Å². The van der Waals surface area contributed by atoms with Gasteiger partial charge in [0.15, 0.2) is 0 Å². The maximum absolute atomic E-state index is 12.4. The fourth-order valence-corrected chi connectivity index (χ4v) is 3.33. The average molecular weight is 382 g/mol. The van der Waals surface area contributed by atoms with Gasteiger partial charge in [0, 0.05) is 15.9 Å². The van der Waals surface area contributed by atoms with Crippen molar-refractivity contribution in [2.75, 3.05) is 4.72 Å². The van der Waals surface area contributed by atoms with E-state index in [4.69, 9.17) is 0 Å². The van der Waals surface area contributed by atoms with Crippen molar-refractivity contribution in [1.82, 2.24) is 19.6 Å². The first kappa shape index (κ1) is 14.9. The average Bonchev–Trinajstić information content (AvgIpc) is 2.83. The fraction of sp³-hybridized carbons (Fsp3) is 0.154. The van der Waals surface area contributed by atoms with Crippen molar-refractivity contribution in [2.45, 2.75) is 19.0 Å². The van der Waals surface area contributed by atoms with Gasteiger partial charge in [0.05, 0.1) is 5.69 Å². The lowest BCUT2D eigenvalue weighted by Gasteiger charge is -2.04. The van der Waals surface area contributed by atoms with Gasteiger partial charge < -0.3 is 0 Å². The van der Waals surface area contributed by atoms with Gasteiger partial charge in [-0.15, -0.1) is 5.10 Å². The molecule has 0 unspecified atom stereocenters. The summed E-state index contributed by atoms with van der Waals surface area (Å²) in [5.74, 6) is 0.257. The smallest absolute Gasteiger partial charge is 0.277 e. The number of nitrogens with one attached hydrogen (secondary N) is 1. The number of rotatable bonds is 3. The molecule has 2 aromatic heterocycles. The summed E-state index contributed by atoms with van der Waals surface area (Å²) in [6, 6.07) is 8.64. The molecular weight excluding hydrogens is 370 g/mol. The first-order valence-electron chi connectivity index (χ1n) is 6.34. The summed E-state index contributed by atoms with van der Waals surface area (Å²) in [5, 5.41) is 3.71. The number of fused-ring (bicyclic) bond motifs is 1. The number of anilines is 1. The number of sulfonamides is 1. The van der Waals surface area contributed by atoms with Crippen molar-refractivity contribution in [1.29, 1.82) is 0 Å². The summed E-state index contributed by atoms with van der Waals surface area (Å²) in [4.78, 5) is 8.18. The minimum atomic E-state index is -3.88. The molecule has 3 rings (SSSR count). The second kappa shape index (κ2) is 5.33. The zero-order valence-corrected chi connectivity index (χ0v) is 14.2. The van der Waals surface area contributed by atoms with Gasteiger partial charge in [0.1, 0.15) is 0 Å². The third-order valence-corrected chi connectivity index (χ3v) is 4.57. The van der Waals surface area contributed by atoms with Crippen LogP contribution in [0.5, 0.6) is 0 Å². The largest absolute Gasteiger partial charge is 0.299 e. The molecule has 0 radical (unpaired) electrons. The second-order valence-corrected chi connectivity index (χ2v) is 7.25. The van der Waals surface area contributed by atoms with Crippen LogP contribution in [0.3, 0.4) is 0 Å². The molecule has 1 aromatic carbocycles. The Kier molecular flexibility index (Phi) is 3.61. The van der Waals surface area contributed by atoms with Gasteiger partial charge in [-0.25, -0.2) is 9.50 Å². The number of benzene rings is 1. The van der Waals surface area contributed by atoms with Crippen LogP contribution in [0.15, 0.2) is 40.0 Å². The van der Waals surface area contributed by atoms with Gasteiger partial charge in [0.2, 0.25) is 0 Å². The Labute approximate surface area is 135 Å². The zero-order valence-electron chi connectivity index (χ0n) is 11.8. The summed E-state index contributed by atoms with van der Waals surface area (Å²) in [6.07, 6.45) is 0. The zero-order chi connectivity index (χ0) is 15.9. The number of halogens is 1. The van der Waals surface area contributed by atoms with E-state index in [0.29, 0.717) is 5.69 Å². The Morgan fingerprint density at radius 1 is 1.18 bits per heavy atom. The SMILES string of the molecule is Cc1cc(C)n2nc(S(=O)(=O)Nc3cccc(Br)c3)nc2n1. The number of aromatic nitrogens is 4. The predicted octanol–water partition coefficient (Wildman–Crippen LogP) is 2.30. The van der Waals surface area contributed by atoms with E-state index in [1.54, 1.807) is 30.3 Å². The normalized spacial score (nSPS) is 11.8. The van der Waals surface area contributed by atoms with Crippen LogP contribution in [0.2, 0.25) is 0 Å². The highest BCUT2D eigenvalue weighted by Gasteiger charge is 2.22. The molecule has 1 N–H and O–H groups in total. The molecule has 0 bridgehead atoms. The lowest BCUT2D eigenvalue weighted by atomic mass is 10.3. The van der Waals surface area contributed by atoms with E-state index < -0.39 is 10.0 Å². The molecule has 0 atom stereocenters. The number of aryl methyl sites for hydroxylation is 2. The van der Waals surface area contributed by atoms with Crippen LogP contribution in [0, 0.1) is 13.8 Å². The van der Waals surface area contributed by atoms with Crippen molar-refractivity contribution in [3.63, 3.8) is 0 Å². The first-order valence-corrected chi connectivity index (χ1v) is 8.62. The highest BCUT2D eigenvalue weighted by atomic mass is 79.9. The van der Waals surface area contributed by atoms with Gasteiger partial charge in [-0.3, -0.25) is 4.72 Å². The van der Waals surface area contributed by atoms with Crippen molar-refractivity contribution in [3.05, 3.63) is 46.2 Å². The van der Waals surface area contributed by atoms with E-state index in [2.05, 4.69) is 35.7 Å². The van der Waals surface area contributed by atoms with E-state index in [-0.39, 0.29) is 10.9 Å². The Bertz CT molecular complexity index is 968. The number of hydrogen-bond acceptors (Lipinski definition) is 5. The minimum absolute atomic E-state index is 0.257. The summed E-state index contributed by atoms with van der Waals surface area (Å²) in [5.41, 5.74) is 1.94. The van der Waals surface area contributed by atoms with E-state index in [1.165, 1.54) is 4.52 Å². The highest BCUT2D eigenvalue weighted by Crippen LogP contribution is 2.19. The molecule has 0 saturated carbocycles. The Hall–Kier alpha value is -2.00. The molecule has 0 aliphatic heterocycles. The van der Waals surface area contributed by atoms with E-state index in [1.807, 2.05) is 13.8 Å². The van der Waals surface area contributed by atoms with Crippen LogP contribution in [0.1, 0.15) is 11.4 Å². The second-order valence-electron chi connectivity index (χ2n) is 4.76. The first-order chi connectivity index (χ1) is 10.3. The minimum Gasteiger partial charge on any atom is -0.277 e. The van der Waals surface area contributed by atoms with Crippen LogP contribution in [-0.2, 0) is 10.0 Å². The van der Waals surface area contributed by atoms with Crippen LogP contribution in [-0.4, -0.2) is 28.0 Å². The quantitative estimate of drug-likeness (QED) is 0.751. The summed E-state index contributed by atoms with van der Waals surface area (Å²) >= 11 is 3.29. The van der Waals surface area contributed by atoms with Crippen molar-refractivity contribution >= 4 is 37.4 Å². The molecular formula is C13H12BrN5O2S. The third kappa shape index (κ3) is 2.81. The molecule has 0 aliphatic carbocycles. The molecule has 0 amide bonds. The van der Waals surface area contributed by atoms with Crippen molar-refractivity contribution in [3.8, 4) is 0 Å². The molecule has 0 saturated heterocycles. The van der Waals surface area contributed by atoms with Crippen LogP contribution in [0.25, 0.3) is 5.78 Å². The molecule has 0 spiro atoms. The van der Waals surface area contributed by atoms with E-state index in [0.717, 1.165) is 15.9 Å². The molecule has 22 heavy (non-hydrogen) atoms. The van der Waals surface area contributed by atoms with Crippen LogP contribution >= 0.6 is 15.9 Å². The van der Waals surface area contributed by atoms with Gasteiger partial charge in [-0.2, -0.15) is 13.4 Å². The van der Waals surface area contributed by atoms with E-state index >= 15 is 0 Å². The maximum Gasteiger partial charge on any atom is 0.299 e. The van der Waals surface area contributed by atoms with E-state index in [9.17, 15) is 8.42 Å². The molecule has 0 aliphatic rings. The lowest BCUT2D eigenvalue weighted by Crippen LogP contribution is -2.14. The van der Waals surface area contributed by atoms with Crippen molar-refractivity contribution in [2.24, 2.45) is 0 Å². The Balaban J connectivity index is 2.04. The molecule has 3 aromatic rings. The fourth-order valence-electron chi connectivity index (χ4n) is 2.01. The summed E-state index contributed by atoms with van der Waals surface area (Å²) < 4.78 is 29.4. The van der Waals surface area contributed by atoms with Crippen LogP contribution in [0.4, 0.5) is 5.69 Å².